The van der Waals surface area contributed by atoms with Gasteiger partial charge < -0.3 is 5.11 Å². The highest BCUT2D eigenvalue weighted by molar-refractivity contribution is 7.86. The van der Waals surface area contributed by atoms with Gasteiger partial charge in [-0.05, 0) is 12.8 Å². The minimum absolute atomic E-state index is 0.338. The molecule has 104 valence electrons. The van der Waals surface area contributed by atoms with Gasteiger partial charge in [0, 0.05) is 0 Å². The van der Waals surface area contributed by atoms with Crippen molar-refractivity contribution in [3.8, 4) is 0 Å². The molecule has 2 atom stereocenters. The average molecular weight is 266 g/mol. The lowest BCUT2D eigenvalue weighted by Crippen LogP contribution is -2.33. The molecule has 0 radical (unpaired) electrons. The maximum Gasteiger partial charge on any atom is 0.270 e. The van der Waals surface area contributed by atoms with Crippen molar-refractivity contribution in [1.82, 2.24) is 0 Å². The van der Waals surface area contributed by atoms with Gasteiger partial charge in [-0.3, -0.25) is 4.55 Å². The summed E-state index contributed by atoms with van der Waals surface area (Å²) in [4.78, 5) is 0. The van der Waals surface area contributed by atoms with E-state index in [0.717, 1.165) is 32.1 Å². The van der Waals surface area contributed by atoms with E-state index in [2.05, 4.69) is 6.92 Å². The molecule has 0 saturated carbocycles. The first-order valence-corrected chi connectivity index (χ1v) is 8.08. The Labute approximate surface area is 105 Å². The highest BCUT2D eigenvalue weighted by atomic mass is 32.2. The summed E-state index contributed by atoms with van der Waals surface area (Å²) >= 11 is 0. The van der Waals surface area contributed by atoms with Crippen LogP contribution in [0.2, 0.25) is 0 Å². The molecule has 0 fully saturated rings. The average Bonchev–Trinajstić information content (AvgIpc) is 2.23. The van der Waals surface area contributed by atoms with E-state index in [0.29, 0.717) is 19.3 Å². The van der Waals surface area contributed by atoms with Gasteiger partial charge in [0.15, 0.2) is 0 Å². The van der Waals surface area contributed by atoms with Gasteiger partial charge in [0.2, 0.25) is 0 Å². The first-order chi connectivity index (χ1) is 7.93. The van der Waals surface area contributed by atoms with E-state index >= 15 is 0 Å². The lowest BCUT2D eigenvalue weighted by atomic mass is 10.0. The molecule has 0 aliphatic carbocycles. The van der Waals surface area contributed by atoms with Crippen molar-refractivity contribution in [1.29, 1.82) is 0 Å². The summed E-state index contributed by atoms with van der Waals surface area (Å²) in [5, 5.41) is 8.82. The van der Waals surface area contributed by atoms with Crippen LogP contribution >= 0.6 is 0 Å². The van der Waals surface area contributed by atoms with Crippen LogP contribution in [-0.4, -0.2) is 29.4 Å². The molecule has 0 aromatic rings. The van der Waals surface area contributed by atoms with Crippen molar-refractivity contribution >= 4 is 10.1 Å². The number of hydrogen-bond acceptors (Lipinski definition) is 3. The fourth-order valence-electron chi connectivity index (χ4n) is 1.91. The highest BCUT2D eigenvalue weighted by Crippen LogP contribution is 2.18. The number of hydrogen-bond donors (Lipinski definition) is 2. The van der Waals surface area contributed by atoms with Crippen LogP contribution in [-0.2, 0) is 10.1 Å². The Morgan fingerprint density at radius 3 is 2.00 bits per heavy atom. The zero-order valence-corrected chi connectivity index (χ0v) is 11.7. The van der Waals surface area contributed by atoms with Gasteiger partial charge in [0.1, 0.15) is 5.25 Å². The van der Waals surface area contributed by atoms with E-state index in [1.165, 1.54) is 0 Å². The van der Waals surface area contributed by atoms with E-state index < -0.39 is 21.5 Å². The van der Waals surface area contributed by atoms with E-state index in [-0.39, 0.29) is 0 Å². The van der Waals surface area contributed by atoms with Crippen molar-refractivity contribution in [2.45, 2.75) is 76.6 Å². The van der Waals surface area contributed by atoms with Crippen molar-refractivity contribution in [3.63, 3.8) is 0 Å². The molecule has 0 spiro atoms. The lowest BCUT2D eigenvalue weighted by Gasteiger charge is -2.19. The van der Waals surface area contributed by atoms with Gasteiger partial charge in [-0.15, -0.1) is 0 Å². The first kappa shape index (κ1) is 16.9. The molecule has 0 saturated heterocycles. The molecule has 0 bridgehead atoms. The topological polar surface area (TPSA) is 74.6 Å². The fourth-order valence-corrected chi connectivity index (χ4v) is 2.91. The molecule has 17 heavy (non-hydrogen) atoms. The second kappa shape index (κ2) is 8.89. The normalized spacial score (nSPS) is 15.8. The Hall–Kier alpha value is -0.130. The van der Waals surface area contributed by atoms with Crippen LogP contribution in [0.5, 0.6) is 0 Å². The summed E-state index contributed by atoms with van der Waals surface area (Å²) in [7, 11) is -4.13. The molecule has 0 amide bonds. The van der Waals surface area contributed by atoms with Crippen LogP contribution in [0.4, 0.5) is 0 Å². The monoisotopic (exact) mass is 266 g/mol. The molecule has 2 unspecified atom stereocenters. The fraction of sp³-hybridized carbons (Fsp3) is 1.00. The third-order valence-corrected chi connectivity index (χ3v) is 4.32. The molecule has 2 N–H and O–H groups in total. The number of unbranched alkanes of at least 4 members (excludes halogenated alkanes) is 4. The van der Waals surface area contributed by atoms with Gasteiger partial charge in [-0.25, -0.2) is 0 Å². The lowest BCUT2D eigenvalue weighted by molar-refractivity contribution is 0.146. The number of rotatable bonds is 10. The molecule has 4 nitrogen and oxygen atoms in total. The predicted molar refractivity (Wildman–Crippen MR) is 69.6 cm³/mol. The standard InChI is InChI=1S/C12H26O4S/c1-3-5-7-8-9-11(13)12(10-6-4-2)17(14,15)16/h11-13H,3-10H2,1-2H3,(H,14,15,16). The number of aliphatic hydroxyl groups is 1. The molecule has 5 heteroatoms. The van der Waals surface area contributed by atoms with Crippen molar-refractivity contribution in [2.24, 2.45) is 0 Å². The van der Waals surface area contributed by atoms with Crippen LogP contribution in [0.25, 0.3) is 0 Å². The largest absolute Gasteiger partial charge is 0.392 e. The predicted octanol–water partition coefficient (Wildman–Crippen LogP) is 2.76. The van der Waals surface area contributed by atoms with Crippen LogP contribution in [0.1, 0.15) is 65.2 Å². The summed E-state index contributed by atoms with van der Waals surface area (Å²) in [6, 6.07) is 0. The maximum absolute atomic E-state index is 11.2. The van der Waals surface area contributed by atoms with E-state index in [1.807, 2.05) is 6.92 Å². The summed E-state index contributed by atoms with van der Waals surface area (Å²) in [6.45, 7) is 4.05. The summed E-state index contributed by atoms with van der Waals surface area (Å²) in [5.41, 5.74) is 0. The SMILES string of the molecule is CCCCCCC(O)C(CCCC)S(=O)(=O)O. The minimum Gasteiger partial charge on any atom is -0.392 e. The van der Waals surface area contributed by atoms with Crippen LogP contribution in [0, 0.1) is 0 Å². The van der Waals surface area contributed by atoms with Crippen molar-refractivity contribution in [2.75, 3.05) is 0 Å². The number of aliphatic hydroxyl groups excluding tert-OH is 1. The molecule has 0 heterocycles. The van der Waals surface area contributed by atoms with E-state index in [9.17, 15) is 13.5 Å². The van der Waals surface area contributed by atoms with Crippen LogP contribution in [0.3, 0.4) is 0 Å². The van der Waals surface area contributed by atoms with Crippen LogP contribution < -0.4 is 0 Å². The summed E-state index contributed by atoms with van der Waals surface area (Å²) < 4.78 is 31.4. The zero-order valence-electron chi connectivity index (χ0n) is 10.9. The van der Waals surface area contributed by atoms with Gasteiger partial charge >= 0.3 is 0 Å². The highest BCUT2D eigenvalue weighted by Gasteiger charge is 2.29. The Balaban J connectivity index is 4.19. The maximum atomic E-state index is 11.2. The Morgan fingerprint density at radius 2 is 1.53 bits per heavy atom. The van der Waals surface area contributed by atoms with E-state index in [1.54, 1.807) is 0 Å². The van der Waals surface area contributed by atoms with Gasteiger partial charge in [-0.2, -0.15) is 8.42 Å². The molecular formula is C12H26O4S. The zero-order chi connectivity index (χ0) is 13.3. The molecule has 0 rings (SSSR count). The Kier molecular flexibility index (Phi) is 8.82. The molecular weight excluding hydrogens is 240 g/mol. The second-order valence-electron chi connectivity index (χ2n) is 4.61. The van der Waals surface area contributed by atoms with Crippen LogP contribution in [0.15, 0.2) is 0 Å². The third-order valence-electron chi connectivity index (χ3n) is 3.01. The second-order valence-corrected chi connectivity index (χ2v) is 6.25. The first-order valence-electron chi connectivity index (χ1n) is 6.57. The third kappa shape index (κ3) is 7.73. The summed E-state index contributed by atoms with van der Waals surface area (Å²) in [5.74, 6) is 0. The van der Waals surface area contributed by atoms with Crippen molar-refractivity contribution in [3.05, 3.63) is 0 Å². The molecule has 0 aliphatic heterocycles. The van der Waals surface area contributed by atoms with Gasteiger partial charge in [-0.1, -0.05) is 52.4 Å². The van der Waals surface area contributed by atoms with Gasteiger partial charge in [0.05, 0.1) is 6.10 Å². The van der Waals surface area contributed by atoms with Gasteiger partial charge in [0.25, 0.3) is 10.1 Å². The summed E-state index contributed by atoms with van der Waals surface area (Å²) in [6.07, 6.45) is 5.43. The smallest absolute Gasteiger partial charge is 0.270 e. The minimum atomic E-state index is -4.13. The van der Waals surface area contributed by atoms with Crippen molar-refractivity contribution < 1.29 is 18.1 Å². The molecule has 0 aliphatic rings. The molecule has 0 aromatic carbocycles. The Morgan fingerprint density at radius 1 is 0.941 bits per heavy atom. The molecule has 0 aromatic heterocycles. The van der Waals surface area contributed by atoms with E-state index in [4.69, 9.17) is 4.55 Å². The Bertz CT molecular complexity index is 274. The quantitative estimate of drug-likeness (QED) is 0.471.